The van der Waals surface area contributed by atoms with E-state index in [0.29, 0.717) is 12.0 Å². The molecule has 0 aromatic rings. The van der Waals surface area contributed by atoms with Crippen LogP contribution in [0.2, 0.25) is 0 Å². The lowest BCUT2D eigenvalue weighted by Crippen LogP contribution is -2.53. The van der Waals surface area contributed by atoms with E-state index in [2.05, 4.69) is 41.0 Å². The molecule has 1 atom stereocenters. The zero-order chi connectivity index (χ0) is 17.4. The number of hydrogen-bond acceptors (Lipinski definition) is 4. The number of morpholine rings is 1. The highest BCUT2D eigenvalue weighted by Gasteiger charge is 2.24. The molecule has 1 aliphatic carbocycles. The van der Waals surface area contributed by atoms with Gasteiger partial charge in [-0.3, -0.25) is 9.89 Å². The van der Waals surface area contributed by atoms with Crippen LogP contribution in [0.5, 0.6) is 0 Å². The van der Waals surface area contributed by atoms with Gasteiger partial charge >= 0.3 is 0 Å². The van der Waals surface area contributed by atoms with Crippen LogP contribution < -0.4 is 5.32 Å². The lowest BCUT2D eigenvalue weighted by atomic mass is 10.0. The van der Waals surface area contributed by atoms with Crippen LogP contribution in [0.25, 0.3) is 0 Å². The van der Waals surface area contributed by atoms with Crippen molar-refractivity contribution >= 4 is 29.9 Å². The summed E-state index contributed by atoms with van der Waals surface area (Å²) in [6.07, 6.45) is 2.69. The monoisotopic (exact) mass is 468 g/mol. The summed E-state index contributed by atoms with van der Waals surface area (Å²) in [5.41, 5.74) is 0. The molecule has 0 spiro atoms. The highest BCUT2D eigenvalue weighted by molar-refractivity contribution is 14.0. The Labute approximate surface area is 170 Å². The normalized spacial score (nSPS) is 20.3. The van der Waals surface area contributed by atoms with E-state index in [4.69, 9.17) is 9.47 Å². The smallest absolute Gasteiger partial charge is 0.193 e. The molecule has 0 aromatic heterocycles. The van der Waals surface area contributed by atoms with Gasteiger partial charge in [0.2, 0.25) is 0 Å². The summed E-state index contributed by atoms with van der Waals surface area (Å²) in [5, 5.41) is 3.55. The van der Waals surface area contributed by atoms with E-state index in [0.717, 1.165) is 64.5 Å². The van der Waals surface area contributed by atoms with Crippen molar-refractivity contribution in [1.82, 2.24) is 15.1 Å². The van der Waals surface area contributed by atoms with Crippen molar-refractivity contribution in [1.29, 1.82) is 0 Å². The third-order valence-corrected chi connectivity index (χ3v) is 4.95. The molecule has 2 fully saturated rings. The second-order valence-electron chi connectivity index (χ2n) is 7.33. The summed E-state index contributed by atoms with van der Waals surface area (Å²) in [5.74, 6) is 2.37. The number of nitrogens with one attached hydrogen (secondary N) is 1. The van der Waals surface area contributed by atoms with Gasteiger partial charge in [0.05, 0.1) is 19.8 Å². The van der Waals surface area contributed by atoms with Crippen LogP contribution in [-0.4, -0.2) is 88.5 Å². The molecule has 25 heavy (non-hydrogen) atoms. The van der Waals surface area contributed by atoms with Gasteiger partial charge in [-0.2, -0.15) is 0 Å². The minimum absolute atomic E-state index is 0. The Morgan fingerprint density at radius 3 is 2.56 bits per heavy atom. The molecule has 0 radical (unpaired) electrons. The van der Waals surface area contributed by atoms with E-state index < -0.39 is 0 Å². The summed E-state index contributed by atoms with van der Waals surface area (Å²) in [6.45, 7) is 11.8. The molecule has 1 N–H and O–H groups in total. The molecule has 1 unspecified atom stereocenters. The number of guanidine groups is 1. The fourth-order valence-corrected chi connectivity index (χ4v) is 3.12. The largest absolute Gasteiger partial charge is 0.379 e. The summed E-state index contributed by atoms with van der Waals surface area (Å²) in [7, 11) is 3.93. The Balaban J connectivity index is 0.00000312. The average Bonchev–Trinajstić information content (AvgIpc) is 3.40. The number of halogens is 1. The van der Waals surface area contributed by atoms with Crippen LogP contribution in [0.15, 0.2) is 4.99 Å². The molecule has 2 rings (SSSR count). The molecular formula is C18H37IN4O2. The van der Waals surface area contributed by atoms with E-state index in [1.54, 1.807) is 0 Å². The first-order chi connectivity index (χ1) is 11.6. The predicted molar refractivity (Wildman–Crippen MR) is 114 cm³/mol. The number of ether oxygens (including phenoxy) is 2. The zero-order valence-corrected chi connectivity index (χ0v) is 18.7. The van der Waals surface area contributed by atoms with Crippen LogP contribution in [0.3, 0.4) is 0 Å². The predicted octanol–water partition coefficient (Wildman–Crippen LogP) is 1.90. The summed E-state index contributed by atoms with van der Waals surface area (Å²) in [4.78, 5) is 9.11. The van der Waals surface area contributed by atoms with Crippen LogP contribution in [-0.2, 0) is 9.47 Å². The second-order valence-corrected chi connectivity index (χ2v) is 7.33. The van der Waals surface area contributed by atoms with E-state index in [-0.39, 0.29) is 24.0 Å². The zero-order valence-electron chi connectivity index (χ0n) is 16.4. The first kappa shape index (κ1) is 22.9. The number of rotatable bonds is 9. The quantitative estimate of drug-likeness (QED) is 0.243. The number of aliphatic imine (C=N–C) groups is 1. The Hall–Kier alpha value is -0.120. The van der Waals surface area contributed by atoms with Gasteiger partial charge in [-0.05, 0) is 24.7 Å². The average molecular weight is 468 g/mol. The molecule has 1 saturated heterocycles. The van der Waals surface area contributed by atoms with Crippen LogP contribution in [0.1, 0.15) is 26.7 Å². The molecular weight excluding hydrogens is 431 g/mol. The fraction of sp³-hybridized carbons (Fsp3) is 0.944. The van der Waals surface area contributed by atoms with E-state index in [9.17, 15) is 0 Å². The SMILES string of the molecule is CN=C(NCC(C(C)C)N1CCOCC1)N(C)CCOCC1CC1.I. The molecule has 1 aliphatic heterocycles. The maximum Gasteiger partial charge on any atom is 0.193 e. The third kappa shape index (κ3) is 8.41. The highest BCUT2D eigenvalue weighted by Crippen LogP contribution is 2.28. The molecule has 0 bridgehead atoms. The Morgan fingerprint density at radius 1 is 1.32 bits per heavy atom. The van der Waals surface area contributed by atoms with E-state index in [1.165, 1.54) is 12.8 Å². The van der Waals surface area contributed by atoms with Gasteiger partial charge < -0.3 is 19.7 Å². The van der Waals surface area contributed by atoms with Crippen molar-refractivity contribution in [3.63, 3.8) is 0 Å². The second kappa shape index (κ2) is 12.3. The maximum atomic E-state index is 5.74. The van der Waals surface area contributed by atoms with Crippen molar-refractivity contribution in [2.45, 2.75) is 32.7 Å². The molecule has 6 nitrogen and oxygen atoms in total. The fourth-order valence-electron chi connectivity index (χ4n) is 3.12. The molecule has 2 aliphatic rings. The highest BCUT2D eigenvalue weighted by atomic mass is 127. The lowest BCUT2D eigenvalue weighted by Gasteiger charge is -2.37. The van der Waals surface area contributed by atoms with Gasteiger partial charge in [-0.25, -0.2) is 0 Å². The molecule has 1 heterocycles. The van der Waals surface area contributed by atoms with Gasteiger partial charge in [-0.1, -0.05) is 13.8 Å². The first-order valence-corrected chi connectivity index (χ1v) is 9.43. The first-order valence-electron chi connectivity index (χ1n) is 9.43. The lowest BCUT2D eigenvalue weighted by molar-refractivity contribution is 0.00739. The number of likely N-dealkylation sites (N-methyl/N-ethyl adjacent to an activating group) is 1. The van der Waals surface area contributed by atoms with Crippen molar-refractivity contribution in [3.05, 3.63) is 0 Å². The number of hydrogen-bond donors (Lipinski definition) is 1. The third-order valence-electron chi connectivity index (χ3n) is 4.95. The van der Waals surface area contributed by atoms with Gasteiger partial charge in [0.1, 0.15) is 0 Å². The molecule has 1 saturated carbocycles. The van der Waals surface area contributed by atoms with E-state index >= 15 is 0 Å². The van der Waals surface area contributed by atoms with Crippen molar-refractivity contribution in [2.75, 3.05) is 66.7 Å². The minimum Gasteiger partial charge on any atom is -0.379 e. The van der Waals surface area contributed by atoms with Crippen molar-refractivity contribution < 1.29 is 9.47 Å². The summed E-state index contributed by atoms with van der Waals surface area (Å²) in [6, 6.07) is 0.505. The molecule has 148 valence electrons. The Kier molecular flexibility index (Phi) is 11.3. The minimum atomic E-state index is 0. The van der Waals surface area contributed by atoms with Crippen LogP contribution in [0.4, 0.5) is 0 Å². The van der Waals surface area contributed by atoms with Crippen molar-refractivity contribution in [3.8, 4) is 0 Å². The van der Waals surface area contributed by atoms with Crippen LogP contribution >= 0.6 is 24.0 Å². The number of nitrogens with zero attached hydrogens (tertiary/aromatic N) is 3. The van der Waals surface area contributed by atoms with Gasteiger partial charge in [0.15, 0.2) is 5.96 Å². The maximum absolute atomic E-state index is 5.74. The summed E-state index contributed by atoms with van der Waals surface area (Å²) < 4.78 is 11.2. The Morgan fingerprint density at radius 2 is 2.00 bits per heavy atom. The Bertz CT molecular complexity index is 385. The molecule has 0 amide bonds. The topological polar surface area (TPSA) is 49.3 Å². The van der Waals surface area contributed by atoms with Crippen molar-refractivity contribution in [2.24, 2.45) is 16.8 Å². The van der Waals surface area contributed by atoms with Crippen LogP contribution in [0, 0.1) is 11.8 Å². The molecule has 0 aromatic carbocycles. The summed E-state index contributed by atoms with van der Waals surface area (Å²) >= 11 is 0. The van der Waals surface area contributed by atoms with Gasteiger partial charge in [0.25, 0.3) is 0 Å². The van der Waals surface area contributed by atoms with E-state index in [1.807, 2.05) is 7.05 Å². The van der Waals surface area contributed by atoms with Gasteiger partial charge in [0, 0.05) is 52.9 Å². The molecule has 7 heteroatoms. The van der Waals surface area contributed by atoms with Gasteiger partial charge in [-0.15, -0.1) is 24.0 Å². The standard InChI is InChI=1S/C18H36N4O2.HI/c1-15(2)17(22-8-11-23-12-9-22)13-20-18(19-3)21(4)7-10-24-14-16-5-6-16;/h15-17H,5-14H2,1-4H3,(H,19,20);1H.